The van der Waals surface area contributed by atoms with Crippen LogP contribution in [-0.4, -0.2) is 24.6 Å². The van der Waals surface area contributed by atoms with Gasteiger partial charge in [-0.05, 0) is 24.1 Å². The van der Waals surface area contributed by atoms with Crippen LogP contribution in [0, 0.1) is 0 Å². The van der Waals surface area contributed by atoms with Gasteiger partial charge >= 0.3 is 5.97 Å². The third-order valence-electron chi connectivity index (χ3n) is 4.34. The van der Waals surface area contributed by atoms with Crippen molar-refractivity contribution in [1.82, 2.24) is 0 Å². The molecule has 0 bridgehead atoms. The van der Waals surface area contributed by atoms with Gasteiger partial charge < -0.3 is 4.74 Å². The second-order valence-electron chi connectivity index (χ2n) is 5.95. The summed E-state index contributed by atoms with van der Waals surface area (Å²) in [6.45, 7) is 0. The number of ether oxygens (including phenoxy) is 1. The molecule has 128 valence electrons. The van der Waals surface area contributed by atoms with Crippen molar-refractivity contribution in [2.24, 2.45) is 4.99 Å². The van der Waals surface area contributed by atoms with E-state index in [4.69, 9.17) is 16.3 Å². The molecule has 1 aliphatic rings. The van der Waals surface area contributed by atoms with E-state index >= 15 is 0 Å². The van der Waals surface area contributed by atoms with Crippen LogP contribution in [0.1, 0.15) is 41.1 Å². The van der Waals surface area contributed by atoms with Crippen molar-refractivity contribution < 1.29 is 14.3 Å². The van der Waals surface area contributed by atoms with Gasteiger partial charge in [-0.25, -0.2) is 4.79 Å². The maximum Gasteiger partial charge on any atom is 0.339 e. The lowest BCUT2D eigenvalue weighted by Gasteiger charge is -2.24. The monoisotopic (exact) mass is 355 g/mol. The van der Waals surface area contributed by atoms with Gasteiger partial charge in [0.15, 0.2) is 0 Å². The summed E-state index contributed by atoms with van der Waals surface area (Å²) >= 11 is 6.34. The number of carbonyl (C=O) groups is 2. The van der Waals surface area contributed by atoms with Gasteiger partial charge in [0.1, 0.15) is 5.78 Å². The molecule has 1 unspecified atom stereocenters. The van der Waals surface area contributed by atoms with Crippen LogP contribution < -0.4 is 0 Å². The highest BCUT2D eigenvalue weighted by Gasteiger charge is 2.27. The smallest absolute Gasteiger partial charge is 0.339 e. The maximum atomic E-state index is 12.0. The highest BCUT2D eigenvalue weighted by molar-refractivity contribution is 6.36. The number of benzene rings is 2. The van der Waals surface area contributed by atoms with Gasteiger partial charge in [-0.1, -0.05) is 48.0 Å². The van der Waals surface area contributed by atoms with E-state index in [-0.39, 0.29) is 22.3 Å². The predicted molar refractivity (Wildman–Crippen MR) is 97.9 cm³/mol. The number of methoxy groups -OCH3 is 1. The molecule has 0 amide bonds. The molecule has 0 saturated heterocycles. The number of carbonyl (C=O) groups excluding carboxylic acids is 2. The van der Waals surface area contributed by atoms with Crippen LogP contribution in [0.4, 0.5) is 5.69 Å². The van der Waals surface area contributed by atoms with E-state index < -0.39 is 5.97 Å². The number of rotatable bonds is 3. The van der Waals surface area contributed by atoms with Crippen LogP contribution >= 0.6 is 11.6 Å². The highest BCUT2D eigenvalue weighted by Crippen LogP contribution is 2.34. The standard InChI is InChI=1S/C20H18ClNO3/c1-25-20(24)16-8-5-9-17(19(16)21)22-18-12-14(23)10-11-15(18)13-6-3-2-4-7-13/h2-9,15H,10-12H2,1H3. The summed E-state index contributed by atoms with van der Waals surface area (Å²) in [6, 6.07) is 15.1. The number of nitrogens with zero attached hydrogens (tertiary/aromatic N) is 1. The van der Waals surface area contributed by atoms with Crippen molar-refractivity contribution in [3.05, 3.63) is 64.7 Å². The second kappa shape index (κ2) is 7.62. The molecule has 1 atom stereocenters. The van der Waals surface area contributed by atoms with Gasteiger partial charge in [-0.15, -0.1) is 0 Å². The molecule has 0 N–H and O–H groups in total. The van der Waals surface area contributed by atoms with Gasteiger partial charge in [-0.2, -0.15) is 0 Å². The van der Waals surface area contributed by atoms with Crippen molar-refractivity contribution in [1.29, 1.82) is 0 Å². The SMILES string of the molecule is COC(=O)c1cccc(N=C2CC(=O)CCC2c2ccccc2)c1Cl. The molecule has 2 aromatic carbocycles. The summed E-state index contributed by atoms with van der Waals surface area (Å²) in [4.78, 5) is 28.4. The molecular formula is C20H18ClNO3. The summed E-state index contributed by atoms with van der Waals surface area (Å²) in [5.41, 5.74) is 2.67. The van der Waals surface area contributed by atoms with Crippen molar-refractivity contribution in [3.63, 3.8) is 0 Å². The third kappa shape index (κ3) is 3.80. The van der Waals surface area contributed by atoms with E-state index in [2.05, 4.69) is 4.99 Å². The largest absolute Gasteiger partial charge is 0.465 e. The minimum atomic E-state index is -0.508. The zero-order chi connectivity index (χ0) is 17.8. The Kier molecular flexibility index (Phi) is 5.29. The van der Waals surface area contributed by atoms with Crippen LogP contribution in [0.15, 0.2) is 53.5 Å². The van der Waals surface area contributed by atoms with E-state index in [1.165, 1.54) is 7.11 Å². The fraction of sp³-hybridized carbons (Fsp3) is 0.250. The number of hydrogen-bond donors (Lipinski definition) is 0. The first-order chi connectivity index (χ1) is 12.1. The van der Waals surface area contributed by atoms with Crippen molar-refractivity contribution in [2.75, 3.05) is 7.11 Å². The number of Topliss-reactive ketones (excluding diaryl/α,β-unsaturated/α-hetero) is 1. The Morgan fingerprint density at radius 2 is 1.92 bits per heavy atom. The predicted octanol–water partition coefficient (Wildman–Crippen LogP) is 4.74. The molecule has 2 aromatic rings. The number of hydrogen-bond acceptors (Lipinski definition) is 4. The molecule has 25 heavy (non-hydrogen) atoms. The molecule has 1 aliphatic carbocycles. The van der Waals surface area contributed by atoms with E-state index in [1.807, 2.05) is 30.3 Å². The van der Waals surface area contributed by atoms with Crippen LogP contribution in [0.2, 0.25) is 5.02 Å². The van der Waals surface area contributed by atoms with E-state index in [0.29, 0.717) is 18.5 Å². The molecule has 4 nitrogen and oxygen atoms in total. The molecule has 3 rings (SSSR count). The van der Waals surface area contributed by atoms with Gasteiger partial charge in [-0.3, -0.25) is 9.79 Å². The Morgan fingerprint density at radius 3 is 2.64 bits per heavy atom. The molecule has 1 saturated carbocycles. The number of aliphatic imine (C=N–C) groups is 1. The van der Waals surface area contributed by atoms with E-state index in [1.54, 1.807) is 18.2 Å². The van der Waals surface area contributed by atoms with Gasteiger partial charge in [0.25, 0.3) is 0 Å². The zero-order valence-electron chi connectivity index (χ0n) is 13.9. The lowest BCUT2D eigenvalue weighted by molar-refractivity contribution is -0.118. The third-order valence-corrected chi connectivity index (χ3v) is 4.74. The Bertz CT molecular complexity index is 830. The Hall–Kier alpha value is -2.46. The first-order valence-electron chi connectivity index (χ1n) is 8.11. The normalized spacial score (nSPS) is 19.0. The molecule has 0 radical (unpaired) electrons. The molecule has 0 aliphatic heterocycles. The summed E-state index contributed by atoms with van der Waals surface area (Å²) in [7, 11) is 1.31. The average molecular weight is 356 g/mol. The lowest BCUT2D eigenvalue weighted by atomic mass is 9.81. The fourth-order valence-corrected chi connectivity index (χ4v) is 3.32. The van der Waals surface area contributed by atoms with Gasteiger partial charge in [0.05, 0.1) is 23.4 Å². The highest BCUT2D eigenvalue weighted by atomic mass is 35.5. The minimum absolute atomic E-state index is 0.0803. The summed E-state index contributed by atoms with van der Waals surface area (Å²) in [5, 5.41) is 0.242. The molecular weight excluding hydrogens is 338 g/mol. The van der Waals surface area contributed by atoms with E-state index in [9.17, 15) is 9.59 Å². The Labute approximate surface area is 151 Å². The van der Waals surface area contributed by atoms with Crippen molar-refractivity contribution in [2.45, 2.75) is 25.2 Å². The molecule has 5 heteroatoms. The van der Waals surface area contributed by atoms with E-state index in [0.717, 1.165) is 17.7 Å². The molecule has 0 heterocycles. The molecule has 0 spiro atoms. The quantitative estimate of drug-likeness (QED) is 0.747. The summed E-state index contributed by atoms with van der Waals surface area (Å²) in [5.74, 6) is -0.255. The fourth-order valence-electron chi connectivity index (χ4n) is 3.08. The van der Waals surface area contributed by atoms with Gasteiger partial charge in [0.2, 0.25) is 0 Å². The van der Waals surface area contributed by atoms with Crippen LogP contribution in [0.25, 0.3) is 0 Å². The zero-order valence-corrected chi connectivity index (χ0v) is 14.6. The lowest BCUT2D eigenvalue weighted by Crippen LogP contribution is -2.23. The summed E-state index contributed by atoms with van der Waals surface area (Å²) in [6.07, 6.45) is 1.59. The first-order valence-corrected chi connectivity index (χ1v) is 8.49. The van der Waals surface area contributed by atoms with Crippen molar-refractivity contribution in [3.8, 4) is 0 Å². The van der Waals surface area contributed by atoms with Crippen LogP contribution in [0.3, 0.4) is 0 Å². The van der Waals surface area contributed by atoms with Crippen LogP contribution in [-0.2, 0) is 9.53 Å². The second-order valence-corrected chi connectivity index (χ2v) is 6.33. The summed E-state index contributed by atoms with van der Waals surface area (Å²) < 4.78 is 4.74. The van der Waals surface area contributed by atoms with Gasteiger partial charge in [0, 0.05) is 24.5 Å². The van der Waals surface area contributed by atoms with Crippen molar-refractivity contribution >= 4 is 34.8 Å². The Morgan fingerprint density at radius 1 is 1.16 bits per heavy atom. The topological polar surface area (TPSA) is 55.7 Å². The number of esters is 1. The molecule has 0 aromatic heterocycles. The number of ketones is 1. The average Bonchev–Trinajstić information content (AvgIpc) is 2.64. The van der Waals surface area contributed by atoms with Crippen LogP contribution in [0.5, 0.6) is 0 Å². The number of halogens is 1. The maximum absolute atomic E-state index is 12.0. The Balaban J connectivity index is 2.02. The minimum Gasteiger partial charge on any atom is -0.465 e. The molecule has 1 fully saturated rings. The first kappa shape index (κ1) is 17.4.